The molecule has 1 aliphatic heterocycles. The van der Waals surface area contributed by atoms with Crippen LogP contribution in [0.3, 0.4) is 0 Å². The number of nitrogens with one attached hydrogen (secondary N) is 1. The van der Waals surface area contributed by atoms with Crippen molar-refractivity contribution in [3.63, 3.8) is 0 Å². The van der Waals surface area contributed by atoms with Crippen LogP contribution < -0.4 is 5.32 Å². The van der Waals surface area contributed by atoms with Crippen molar-refractivity contribution in [2.45, 2.75) is 52.2 Å². The molecule has 7 nitrogen and oxygen atoms in total. The molecule has 2 fully saturated rings. The maximum absolute atomic E-state index is 13.0. The van der Waals surface area contributed by atoms with Crippen molar-refractivity contribution in [1.29, 1.82) is 0 Å². The zero-order valence-electron chi connectivity index (χ0n) is 17.7. The molecule has 1 saturated heterocycles. The molecule has 2 heterocycles. The Morgan fingerprint density at radius 2 is 1.83 bits per heavy atom. The molecule has 29 heavy (non-hydrogen) atoms. The quantitative estimate of drug-likeness (QED) is 0.751. The minimum Gasteiger partial charge on any atom is -0.356 e. The Labute approximate surface area is 171 Å². The largest absolute Gasteiger partial charge is 0.356 e. The van der Waals surface area contributed by atoms with Gasteiger partial charge in [-0.2, -0.15) is 0 Å². The van der Waals surface area contributed by atoms with Gasteiger partial charge in [-0.25, -0.2) is 9.97 Å². The van der Waals surface area contributed by atoms with Gasteiger partial charge in [-0.05, 0) is 52.5 Å². The van der Waals surface area contributed by atoms with E-state index in [-0.39, 0.29) is 23.7 Å². The SMILES string of the molecule is CC(C)(C)OC(O)N1C[C@@H]2C(C(=O)NC(C)(C)c3ncnc4ccccc34)[C@@H]2C1. The van der Waals surface area contributed by atoms with Crippen LogP contribution >= 0.6 is 0 Å². The Morgan fingerprint density at radius 3 is 2.48 bits per heavy atom. The first-order chi connectivity index (χ1) is 13.6. The number of aliphatic hydroxyl groups is 1. The molecule has 1 aromatic heterocycles. The molecule has 1 amide bonds. The van der Waals surface area contributed by atoms with Crippen LogP contribution in [0.25, 0.3) is 10.9 Å². The molecule has 1 aliphatic carbocycles. The summed E-state index contributed by atoms with van der Waals surface area (Å²) in [5, 5.41) is 14.4. The third kappa shape index (κ3) is 3.99. The summed E-state index contributed by atoms with van der Waals surface area (Å²) in [5.41, 5.74) is 0.669. The van der Waals surface area contributed by atoms with Crippen LogP contribution in [-0.4, -0.2) is 51.0 Å². The molecule has 4 rings (SSSR count). The predicted octanol–water partition coefficient (Wildman–Crippen LogP) is 2.25. The number of carbonyl (C=O) groups excluding carboxylic acids is 1. The van der Waals surface area contributed by atoms with E-state index in [1.165, 1.54) is 0 Å². The van der Waals surface area contributed by atoms with Crippen molar-refractivity contribution >= 4 is 16.8 Å². The van der Waals surface area contributed by atoms with Crippen molar-refractivity contribution in [3.05, 3.63) is 36.3 Å². The van der Waals surface area contributed by atoms with Crippen molar-refractivity contribution in [3.8, 4) is 0 Å². The van der Waals surface area contributed by atoms with E-state index >= 15 is 0 Å². The van der Waals surface area contributed by atoms with Gasteiger partial charge in [0.05, 0.1) is 22.4 Å². The predicted molar refractivity (Wildman–Crippen MR) is 110 cm³/mol. The van der Waals surface area contributed by atoms with E-state index in [1.807, 2.05) is 63.8 Å². The lowest BCUT2D eigenvalue weighted by Crippen LogP contribution is -2.45. The number of hydrogen-bond donors (Lipinski definition) is 2. The van der Waals surface area contributed by atoms with Crippen molar-refractivity contribution < 1.29 is 14.6 Å². The number of carbonyl (C=O) groups is 1. The molecular weight excluding hydrogens is 368 g/mol. The third-order valence-corrected chi connectivity index (χ3v) is 5.87. The molecule has 0 radical (unpaired) electrons. The summed E-state index contributed by atoms with van der Waals surface area (Å²) >= 11 is 0. The van der Waals surface area contributed by atoms with Gasteiger partial charge in [-0.3, -0.25) is 9.69 Å². The van der Waals surface area contributed by atoms with E-state index < -0.39 is 17.6 Å². The summed E-state index contributed by atoms with van der Waals surface area (Å²) in [4.78, 5) is 23.7. The first kappa shape index (κ1) is 20.2. The number of amides is 1. The van der Waals surface area contributed by atoms with Crippen molar-refractivity contribution in [2.75, 3.05) is 13.1 Å². The molecule has 156 valence electrons. The van der Waals surface area contributed by atoms with Crippen LogP contribution in [0.2, 0.25) is 0 Å². The van der Waals surface area contributed by atoms with E-state index in [2.05, 4.69) is 15.3 Å². The zero-order valence-corrected chi connectivity index (χ0v) is 17.7. The number of aromatic nitrogens is 2. The zero-order chi connectivity index (χ0) is 21.0. The van der Waals surface area contributed by atoms with Crippen LogP contribution in [0.15, 0.2) is 30.6 Å². The molecule has 1 aromatic carbocycles. The fourth-order valence-electron chi connectivity index (χ4n) is 4.47. The third-order valence-electron chi connectivity index (χ3n) is 5.87. The topological polar surface area (TPSA) is 87.6 Å². The number of nitrogens with zero attached hydrogens (tertiary/aromatic N) is 3. The highest BCUT2D eigenvalue weighted by molar-refractivity contribution is 5.85. The van der Waals surface area contributed by atoms with Gasteiger partial charge < -0.3 is 15.2 Å². The van der Waals surface area contributed by atoms with Gasteiger partial charge in [0.2, 0.25) is 12.3 Å². The summed E-state index contributed by atoms with van der Waals surface area (Å²) in [7, 11) is 0. The molecule has 2 aromatic rings. The van der Waals surface area contributed by atoms with Crippen LogP contribution in [-0.2, 0) is 15.1 Å². The van der Waals surface area contributed by atoms with E-state index in [1.54, 1.807) is 6.33 Å². The highest BCUT2D eigenvalue weighted by Gasteiger charge is 2.60. The second kappa shape index (κ2) is 7.00. The average molecular weight is 399 g/mol. The number of ether oxygens (including phenoxy) is 1. The Balaban J connectivity index is 1.40. The Hall–Kier alpha value is -2.09. The molecule has 1 saturated carbocycles. The monoisotopic (exact) mass is 398 g/mol. The van der Waals surface area contributed by atoms with Crippen LogP contribution in [0, 0.1) is 17.8 Å². The molecule has 4 atom stereocenters. The second-order valence-electron chi connectivity index (χ2n) is 9.72. The van der Waals surface area contributed by atoms with Crippen LogP contribution in [0.4, 0.5) is 0 Å². The highest BCUT2D eigenvalue weighted by atomic mass is 16.6. The maximum Gasteiger partial charge on any atom is 0.224 e. The van der Waals surface area contributed by atoms with Gasteiger partial charge >= 0.3 is 0 Å². The van der Waals surface area contributed by atoms with E-state index in [0.29, 0.717) is 13.1 Å². The number of para-hydroxylation sites is 1. The van der Waals surface area contributed by atoms with Crippen molar-refractivity contribution in [2.24, 2.45) is 17.8 Å². The van der Waals surface area contributed by atoms with E-state index in [4.69, 9.17) is 4.74 Å². The Kier molecular flexibility index (Phi) is 4.88. The van der Waals surface area contributed by atoms with Gasteiger partial charge in [0.25, 0.3) is 0 Å². The van der Waals surface area contributed by atoms with Gasteiger partial charge in [0.1, 0.15) is 6.33 Å². The molecule has 2 unspecified atom stereocenters. The van der Waals surface area contributed by atoms with Gasteiger partial charge in [-0.15, -0.1) is 0 Å². The van der Waals surface area contributed by atoms with Crippen LogP contribution in [0.5, 0.6) is 0 Å². The Morgan fingerprint density at radius 1 is 1.17 bits per heavy atom. The van der Waals surface area contributed by atoms with Crippen molar-refractivity contribution in [1.82, 2.24) is 20.2 Å². The molecule has 2 N–H and O–H groups in total. The minimum absolute atomic E-state index is 0.0135. The fraction of sp³-hybridized carbons (Fsp3) is 0.591. The number of piperidine rings is 1. The minimum atomic E-state index is -0.921. The number of fused-ring (bicyclic) bond motifs is 2. The lowest BCUT2D eigenvalue weighted by molar-refractivity contribution is -0.236. The standard InChI is InChI=1S/C22H30N4O3/c1-21(2,3)29-20(28)26-10-14-15(11-26)17(14)19(27)25-22(4,5)18-13-8-6-7-9-16(13)23-12-24-18/h6-9,12,14-15,17,20,28H,10-11H2,1-5H3,(H,25,27)/t14-,15+,17?,20?. The highest BCUT2D eigenvalue weighted by Crippen LogP contribution is 2.52. The smallest absolute Gasteiger partial charge is 0.224 e. The fourth-order valence-corrected chi connectivity index (χ4v) is 4.47. The number of aliphatic hydroxyl groups excluding tert-OH is 1. The van der Waals surface area contributed by atoms with Gasteiger partial charge in [-0.1, -0.05) is 18.2 Å². The number of benzene rings is 1. The summed E-state index contributed by atoms with van der Waals surface area (Å²) < 4.78 is 5.63. The number of likely N-dealkylation sites (tertiary alicyclic amines) is 1. The number of rotatable bonds is 5. The lowest BCUT2D eigenvalue weighted by atomic mass is 9.95. The summed E-state index contributed by atoms with van der Waals surface area (Å²) in [5.74, 6) is 0.580. The molecular formula is C22H30N4O3. The normalized spacial score (nSPS) is 25.7. The van der Waals surface area contributed by atoms with E-state index in [9.17, 15) is 9.90 Å². The van der Waals surface area contributed by atoms with Gasteiger partial charge in [0.15, 0.2) is 0 Å². The molecule has 2 aliphatic rings. The first-order valence-electron chi connectivity index (χ1n) is 10.2. The first-order valence-corrected chi connectivity index (χ1v) is 10.2. The molecule has 0 spiro atoms. The molecule has 7 heteroatoms. The second-order valence-corrected chi connectivity index (χ2v) is 9.72. The summed E-state index contributed by atoms with van der Waals surface area (Å²) in [6, 6.07) is 7.83. The maximum atomic E-state index is 13.0. The average Bonchev–Trinajstić information content (AvgIpc) is 3.13. The summed E-state index contributed by atoms with van der Waals surface area (Å²) in [6.45, 7) is 11.1. The number of hydrogen-bond acceptors (Lipinski definition) is 6. The Bertz CT molecular complexity index is 906. The van der Waals surface area contributed by atoms with Crippen LogP contribution in [0.1, 0.15) is 40.3 Å². The molecule has 0 bridgehead atoms. The van der Waals surface area contributed by atoms with E-state index in [0.717, 1.165) is 16.6 Å². The lowest BCUT2D eigenvalue weighted by Gasteiger charge is -2.31. The summed E-state index contributed by atoms with van der Waals surface area (Å²) in [6.07, 6.45) is 0.627. The van der Waals surface area contributed by atoms with Gasteiger partial charge in [0, 0.05) is 24.4 Å².